The molecule has 0 amide bonds. The Bertz CT molecular complexity index is 600. The minimum atomic E-state index is -0.782. The van der Waals surface area contributed by atoms with Gasteiger partial charge in [-0.3, -0.25) is 9.69 Å². The zero-order valence-corrected chi connectivity index (χ0v) is 12.6. The Labute approximate surface area is 126 Å². The lowest BCUT2D eigenvalue weighted by molar-refractivity contribution is -0.137. The highest BCUT2D eigenvalue weighted by atomic mass is 35.5. The van der Waals surface area contributed by atoms with E-state index in [0.717, 1.165) is 16.3 Å². The number of carboxylic acid groups (broad SMARTS) is 1. The van der Waals surface area contributed by atoms with Crippen LogP contribution in [-0.2, 0) is 11.3 Å². The first-order chi connectivity index (χ1) is 9.54. The van der Waals surface area contributed by atoms with Crippen LogP contribution in [0.2, 0.25) is 5.02 Å². The number of rotatable bonds is 6. The molecular formula is C14H15ClN2O2S. The summed E-state index contributed by atoms with van der Waals surface area (Å²) in [5.41, 5.74) is 1.90. The third-order valence-corrected chi connectivity index (χ3v) is 3.85. The Morgan fingerprint density at radius 3 is 3.00 bits per heavy atom. The van der Waals surface area contributed by atoms with Crippen molar-refractivity contribution in [1.82, 2.24) is 9.88 Å². The molecule has 106 valence electrons. The van der Waals surface area contributed by atoms with Crippen LogP contribution in [0.1, 0.15) is 11.4 Å². The van der Waals surface area contributed by atoms with Gasteiger partial charge in [0.05, 0.1) is 18.7 Å². The average molecular weight is 311 g/mol. The molecule has 0 aliphatic rings. The van der Waals surface area contributed by atoms with Gasteiger partial charge in [-0.05, 0) is 19.2 Å². The predicted octanol–water partition coefficient (Wildman–Crippen LogP) is 3.37. The molecule has 0 fully saturated rings. The van der Waals surface area contributed by atoms with Crippen LogP contribution >= 0.6 is 22.9 Å². The number of benzene rings is 1. The van der Waals surface area contributed by atoms with Crippen LogP contribution in [-0.4, -0.2) is 34.6 Å². The number of thiazole rings is 1. The monoisotopic (exact) mass is 310 g/mol. The van der Waals surface area contributed by atoms with Crippen LogP contribution in [0.5, 0.6) is 0 Å². The summed E-state index contributed by atoms with van der Waals surface area (Å²) < 4.78 is 0. The second-order valence-electron chi connectivity index (χ2n) is 4.52. The van der Waals surface area contributed by atoms with Crippen molar-refractivity contribution >= 4 is 28.9 Å². The number of aliphatic carboxylic acids is 1. The fourth-order valence-corrected chi connectivity index (χ4v) is 2.83. The van der Waals surface area contributed by atoms with Crippen LogP contribution in [0, 0.1) is 0 Å². The molecule has 0 aliphatic heterocycles. The minimum Gasteiger partial charge on any atom is -0.481 e. The molecule has 2 rings (SSSR count). The first-order valence-corrected chi connectivity index (χ1v) is 7.41. The first kappa shape index (κ1) is 15.0. The quantitative estimate of drug-likeness (QED) is 0.889. The van der Waals surface area contributed by atoms with E-state index in [1.54, 1.807) is 11.3 Å². The topological polar surface area (TPSA) is 53.4 Å². The van der Waals surface area contributed by atoms with Crippen molar-refractivity contribution in [3.8, 4) is 11.3 Å². The molecule has 0 saturated heterocycles. The van der Waals surface area contributed by atoms with E-state index in [2.05, 4.69) is 4.98 Å². The number of hydrogen-bond donors (Lipinski definition) is 1. The molecule has 1 aromatic heterocycles. The molecule has 2 aromatic rings. The van der Waals surface area contributed by atoms with E-state index in [1.165, 1.54) is 0 Å². The minimum absolute atomic E-state index is 0.142. The van der Waals surface area contributed by atoms with Crippen LogP contribution in [0.4, 0.5) is 0 Å². The van der Waals surface area contributed by atoms with Crippen molar-refractivity contribution in [3.63, 3.8) is 0 Å². The van der Waals surface area contributed by atoms with Crippen molar-refractivity contribution in [2.24, 2.45) is 0 Å². The maximum absolute atomic E-state index is 10.5. The molecule has 1 N–H and O–H groups in total. The normalized spacial score (nSPS) is 10.9. The Morgan fingerprint density at radius 1 is 1.50 bits per heavy atom. The van der Waals surface area contributed by atoms with E-state index in [9.17, 15) is 4.79 Å². The summed E-state index contributed by atoms with van der Waals surface area (Å²) in [7, 11) is 1.89. The lowest BCUT2D eigenvalue weighted by atomic mass is 10.2. The molecule has 0 atom stereocenters. The smallest absolute Gasteiger partial charge is 0.304 e. The summed E-state index contributed by atoms with van der Waals surface area (Å²) in [4.78, 5) is 17.0. The van der Waals surface area contributed by atoms with Gasteiger partial charge in [-0.1, -0.05) is 23.7 Å². The highest BCUT2D eigenvalue weighted by Gasteiger charge is 2.08. The molecule has 1 aromatic carbocycles. The van der Waals surface area contributed by atoms with E-state index in [-0.39, 0.29) is 6.42 Å². The van der Waals surface area contributed by atoms with Gasteiger partial charge in [0, 0.05) is 22.5 Å². The summed E-state index contributed by atoms with van der Waals surface area (Å²) >= 11 is 7.54. The summed E-state index contributed by atoms with van der Waals surface area (Å²) in [6.07, 6.45) is 0.142. The van der Waals surface area contributed by atoms with Gasteiger partial charge in [0.25, 0.3) is 0 Å². The maximum atomic E-state index is 10.5. The van der Waals surface area contributed by atoms with Gasteiger partial charge in [-0.25, -0.2) is 4.98 Å². The molecule has 0 saturated carbocycles. The highest BCUT2D eigenvalue weighted by molar-refractivity contribution is 7.09. The molecule has 0 radical (unpaired) electrons. The molecule has 0 unspecified atom stereocenters. The van der Waals surface area contributed by atoms with Gasteiger partial charge in [0.1, 0.15) is 5.01 Å². The molecular weight excluding hydrogens is 296 g/mol. The van der Waals surface area contributed by atoms with E-state index in [0.29, 0.717) is 18.1 Å². The third-order valence-electron chi connectivity index (χ3n) is 2.78. The second-order valence-corrected chi connectivity index (χ2v) is 5.90. The largest absolute Gasteiger partial charge is 0.481 e. The maximum Gasteiger partial charge on any atom is 0.304 e. The standard InChI is InChI=1S/C14H15ClN2O2S/c1-17(6-5-14(18)19)8-13-16-12(9-20-13)10-3-2-4-11(15)7-10/h2-4,7,9H,5-6,8H2,1H3,(H,18,19). The Balaban J connectivity index is 2.00. The van der Waals surface area contributed by atoms with Crippen LogP contribution in [0.25, 0.3) is 11.3 Å². The lowest BCUT2D eigenvalue weighted by Crippen LogP contribution is -2.21. The van der Waals surface area contributed by atoms with Crippen molar-refractivity contribution in [2.75, 3.05) is 13.6 Å². The summed E-state index contributed by atoms with van der Waals surface area (Å²) in [6, 6.07) is 7.58. The number of carboxylic acids is 1. The number of aromatic nitrogens is 1. The zero-order valence-electron chi connectivity index (χ0n) is 11.0. The summed E-state index contributed by atoms with van der Waals surface area (Å²) in [6.45, 7) is 1.17. The van der Waals surface area contributed by atoms with E-state index in [4.69, 9.17) is 16.7 Å². The zero-order chi connectivity index (χ0) is 14.5. The summed E-state index contributed by atoms with van der Waals surface area (Å²) in [5.74, 6) is -0.782. The van der Waals surface area contributed by atoms with Crippen molar-refractivity contribution in [3.05, 3.63) is 39.7 Å². The fraction of sp³-hybridized carbons (Fsp3) is 0.286. The van der Waals surface area contributed by atoms with E-state index < -0.39 is 5.97 Å². The van der Waals surface area contributed by atoms with Gasteiger partial charge < -0.3 is 5.11 Å². The van der Waals surface area contributed by atoms with Gasteiger partial charge in [0.15, 0.2) is 0 Å². The van der Waals surface area contributed by atoms with Crippen LogP contribution in [0.15, 0.2) is 29.6 Å². The highest BCUT2D eigenvalue weighted by Crippen LogP contribution is 2.24. The van der Waals surface area contributed by atoms with Gasteiger partial charge in [0.2, 0.25) is 0 Å². The Hall–Kier alpha value is -1.43. The lowest BCUT2D eigenvalue weighted by Gasteiger charge is -2.12. The van der Waals surface area contributed by atoms with Gasteiger partial charge in [-0.2, -0.15) is 0 Å². The number of halogens is 1. The van der Waals surface area contributed by atoms with Crippen molar-refractivity contribution in [2.45, 2.75) is 13.0 Å². The molecule has 1 heterocycles. The van der Waals surface area contributed by atoms with Crippen LogP contribution in [0.3, 0.4) is 0 Å². The third kappa shape index (κ3) is 4.30. The fourth-order valence-electron chi connectivity index (χ4n) is 1.76. The predicted molar refractivity (Wildman–Crippen MR) is 81.1 cm³/mol. The molecule has 6 heteroatoms. The molecule has 0 bridgehead atoms. The molecule has 0 aliphatic carbocycles. The Morgan fingerprint density at radius 2 is 2.30 bits per heavy atom. The first-order valence-electron chi connectivity index (χ1n) is 6.15. The molecule has 20 heavy (non-hydrogen) atoms. The van der Waals surface area contributed by atoms with Crippen molar-refractivity contribution in [1.29, 1.82) is 0 Å². The Kier molecular flexibility index (Phi) is 5.11. The van der Waals surface area contributed by atoms with Gasteiger partial charge in [-0.15, -0.1) is 11.3 Å². The molecule has 4 nitrogen and oxygen atoms in total. The number of carbonyl (C=O) groups is 1. The second kappa shape index (κ2) is 6.83. The number of hydrogen-bond acceptors (Lipinski definition) is 4. The number of nitrogens with zero attached hydrogens (tertiary/aromatic N) is 2. The van der Waals surface area contributed by atoms with Crippen LogP contribution < -0.4 is 0 Å². The van der Waals surface area contributed by atoms with E-state index in [1.807, 2.05) is 41.6 Å². The van der Waals surface area contributed by atoms with Crippen molar-refractivity contribution < 1.29 is 9.90 Å². The molecule has 0 spiro atoms. The van der Waals surface area contributed by atoms with E-state index >= 15 is 0 Å². The summed E-state index contributed by atoms with van der Waals surface area (Å²) in [5, 5.41) is 12.3. The average Bonchev–Trinajstić information content (AvgIpc) is 2.85. The SMILES string of the molecule is CN(CCC(=O)O)Cc1nc(-c2cccc(Cl)c2)cs1. The van der Waals surface area contributed by atoms with Gasteiger partial charge >= 0.3 is 5.97 Å².